The number of hydrogen-bond acceptors (Lipinski definition) is 10. The third-order valence-corrected chi connectivity index (χ3v) is 9.09. The predicted molar refractivity (Wildman–Crippen MR) is 219 cm³/mol. The van der Waals surface area contributed by atoms with Gasteiger partial charge in [-0.05, 0) is 77.0 Å². The second kappa shape index (κ2) is 35.5. The third-order valence-electron chi connectivity index (χ3n) is 9.09. The molecule has 0 saturated carbocycles. The van der Waals surface area contributed by atoms with Gasteiger partial charge in [0, 0.05) is 12.8 Å². The second-order valence-electron chi connectivity index (χ2n) is 14.0. The molecule has 4 N–H and O–H groups in total. The summed E-state index contributed by atoms with van der Waals surface area (Å²) in [6, 6.07) is 0. The third kappa shape index (κ3) is 27.4. The molecule has 10 nitrogen and oxygen atoms in total. The Bertz CT molecular complexity index is 1120. The first-order chi connectivity index (χ1) is 26.8. The molecule has 1 heterocycles. The quantitative estimate of drug-likeness (QED) is 0.0291. The largest absolute Gasteiger partial charge is 0.462 e. The van der Waals surface area contributed by atoms with Gasteiger partial charge < -0.3 is 39.4 Å². The molecule has 0 bridgehead atoms. The summed E-state index contributed by atoms with van der Waals surface area (Å²) in [5, 5.41) is 40.0. The van der Waals surface area contributed by atoms with Crippen molar-refractivity contribution in [1.82, 2.24) is 0 Å². The average Bonchev–Trinajstić information content (AvgIpc) is 3.18. The number of carbonyl (C=O) groups is 2. The van der Waals surface area contributed by atoms with Crippen LogP contribution in [-0.4, -0.2) is 89.0 Å². The first kappa shape index (κ1) is 50.2. The van der Waals surface area contributed by atoms with Gasteiger partial charge in [0.25, 0.3) is 0 Å². The number of unbranched alkanes of at least 4 members (excludes halogenated alkanes) is 10. The Morgan fingerprint density at radius 1 is 0.564 bits per heavy atom. The molecule has 314 valence electrons. The first-order valence-corrected chi connectivity index (χ1v) is 21.0. The molecule has 0 radical (unpaired) electrons. The summed E-state index contributed by atoms with van der Waals surface area (Å²) in [5.41, 5.74) is 0. The molecule has 0 amide bonds. The number of carbonyl (C=O) groups excluding carboxylic acids is 2. The van der Waals surface area contributed by atoms with E-state index in [-0.39, 0.29) is 26.1 Å². The standard InChI is InChI=1S/C45H74O10/c1-3-5-7-9-11-13-15-17-18-19-20-22-24-26-28-30-32-34-41(48)54-38(37-53-45-44(51)43(50)42(49)39(35-46)55-45)36-52-40(47)33-31-29-27-25-23-21-16-14-12-10-8-6-4-2/h5-8,11-14,17-18,21,23,38-39,42-46,49-51H,3-4,9-10,15-16,19-20,22,24-37H2,1-2H3/b7-5-,8-6-,13-11-,14-12-,18-17-,23-21-. The Kier molecular flexibility index (Phi) is 32.4. The van der Waals surface area contributed by atoms with Crippen LogP contribution in [0.25, 0.3) is 0 Å². The predicted octanol–water partition coefficient (Wildman–Crippen LogP) is 8.44. The van der Waals surface area contributed by atoms with Crippen molar-refractivity contribution in [3.63, 3.8) is 0 Å². The molecule has 10 heteroatoms. The lowest BCUT2D eigenvalue weighted by Crippen LogP contribution is -2.59. The van der Waals surface area contributed by atoms with E-state index in [4.69, 9.17) is 18.9 Å². The SMILES string of the molecule is CC/C=C\C/C=C\C/C=C\CCCCCCCCCC(=O)OC(COC(=O)CCCCC/C=C\C/C=C\C/C=C\CC)COC1OC(CO)C(O)C(O)C1O. The van der Waals surface area contributed by atoms with Gasteiger partial charge in [-0.2, -0.15) is 0 Å². The van der Waals surface area contributed by atoms with E-state index in [9.17, 15) is 30.0 Å². The van der Waals surface area contributed by atoms with E-state index in [0.29, 0.717) is 12.8 Å². The van der Waals surface area contributed by atoms with Crippen molar-refractivity contribution < 1.29 is 49.0 Å². The summed E-state index contributed by atoms with van der Waals surface area (Å²) in [7, 11) is 0. The number of ether oxygens (including phenoxy) is 4. The van der Waals surface area contributed by atoms with E-state index in [1.165, 1.54) is 12.8 Å². The minimum absolute atomic E-state index is 0.208. The highest BCUT2D eigenvalue weighted by Gasteiger charge is 2.44. The molecular weight excluding hydrogens is 700 g/mol. The summed E-state index contributed by atoms with van der Waals surface area (Å²) in [6.07, 6.45) is 36.2. The van der Waals surface area contributed by atoms with Crippen LogP contribution >= 0.6 is 0 Å². The van der Waals surface area contributed by atoms with Crippen LogP contribution in [0.15, 0.2) is 72.9 Å². The highest BCUT2D eigenvalue weighted by atomic mass is 16.7. The van der Waals surface area contributed by atoms with Crippen molar-refractivity contribution in [2.45, 2.75) is 179 Å². The van der Waals surface area contributed by atoms with Crippen LogP contribution in [0.1, 0.15) is 142 Å². The van der Waals surface area contributed by atoms with E-state index in [0.717, 1.165) is 89.9 Å². The topological polar surface area (TPSA) is 152 Å². The van der Waals surface area contributed by atoms with Gasteiger partial charge in [0.15, 0.2) is 12.4 Å². The monoisotopic (exact) mass is 775 g/mol. The zero-order chi connectivity index (χ0) is 40.2. The average molecular weight is 775 g/mol. The summed E-state index contributed by atoms with van der Waals surface area (Å²) < 4.78 is 22.1. The van der Waals surface area contributed by atoms with E-state index in [1.54, 1.807) is 0 Å². The van der Waals surface area contributed by atoms with Crippen molar-refractivity contribution >= 4 is 11.9 Å². The highest BCUT2D eigenvalue weighted by molar-refractivity contribution is 5.70. The minimum Gasteiger partial charge on any atom is -0.462 e. The van der Waals surface area contributed by atoms with Gasteiger partial charge in [0.1, 0.15) is 31.0 Å². The Morgan fingerprint density at radius 3 is 1.55 bits per heavy atom. The molecule has 0 aromatic rings. The van der Waals surface area contributed by atoms with Crippen LogP contribution in [0.2, 0.25) is 0 Å². The highest BCUT2D eigenvalue weighted by Crippen LogP contribution is 2.22. The Balaban J connectivity index is 2.38. The summed E-state index contributed by atoms with van der Waals surface area (Å²) in [5.74, 6) is -0.861. The van der Waals surface area contributed by atoms with Gasteiger partial charge in [-0.15, -0.1) is 0 Å². The summed E-state index contributed by atoms with van der Waals surface area (Å²) in [6.45, 7) is 3.13. The Labute approximate surface area is 332 Å². The van der Waals surface area contributed by atoms with Crippen LogP contribution in [0.5, 0.6) is 0 Å². The molecule has 0 aromatic carbocycles. The van der Waals surface area contributed by atoms with E-state index >= 15 is 0 Å². The van der Waals surface area contributed by atoms with Gasteiger partial charge in [0.05, 0.1) is 13.2 Å². The lowest BCUT2D eigenvalue weighted by atomic mass is 9.99. The zero-order valence-corrected chi connectivity index (χ0v) is 33.9. The van der Waals surface area contributed by atoms with Crippen molar-refractivity contribution in [2.24, 2.45) is 0 Å². The van der Waals surface area contributed by atoms with Crippen molar-refractivity contribution in [3.8, 4) is 0 Å². The van der Waals surface area contributed by atoms with Crippen molar-refractivity contribution in [3.05, 3.63) is 72.9 Å². The van der Waals surface area contributed by atoms with Crippen molar-refractivity contribution in [1.29, 1.82) is 0 Å². The molecule has 0 aliphatic carbocycles. The van der Waals surface area contributed by atoms with Crippen molar-refractivity contribution in [2.75, 3.05) is 19.8 Å². The van der Waals surface area contributed by atoms with Crippen LogP contribution in [0, 0.1) is 0 Å². The molecule has 55 heavy (non-hydrogen) atoms. The van der Waals surface area contributed by atoms with Gasteiger partial charge in [-0.25, -0.2) is 0 Å². The summed E-state index contributed by atoms with van der Waals surface area (Å²) >= 11 is 0. The molecular formula is C45H74O10. The van der Waals surface area contributed by atoms with E-state index in [2.05, 4.69) is 86.8 Å². The van der Waals surface area contributed by atoms with Gasteiger partial charge in [-0.3, -0.25) is 9.59 Å². The van der Waals surface area contributed by atoms with E-state index < -0.39 is 55.4 Å². The number of hydrogen-bond donors (Lipinski definition) is 4. The maximum atomic E-state index is 12.7. The Morgan fingerprint density at radius 2 is 1.02 bits per heavy atom. The van der Waals surface area contributed by atoms with Gasteiger partial charge in [-0.1, -0.05) is 125 Å². The molecule has 6 unspecified atom stereocenters. The number of esters is 2. The lowest BCUT2D eigenvalue weighted by Gasteiger charge is -2.39. The molecule has 6 atom stereocenters. The molecule has 1 saturated heterocycles. The lowest BCUT2D eigenvalue weighted by molar-refractivity contribution is -0.305. The number of aliphatic hydroxyl groups excluding tert-OH is 4. The fourth-order valence-corrected chi connectivity index (χ4v) is 5.80. The van der Waals surface area contributed by atoms with Gasteiger partial charge >= 0.3 is 11.9 Å². The molecule has 0 spiro atoms. The maximum Gasteiger partial charge on any atom is 0.306 e. The van der Waals surface area contributed by atoms with E-state index in [1.807, 2.05) is 0 Å². The number of rotatable bonds is 33. The zero-order valence-electron chi connectivity index (χ0n) is 33.9. The molecule has 1 aliphatic heterocycles. The molecule has 0 aromatic heterocycles. The second-order valence-corrected chi connectivity index (χ2v) is 14.0. The van der Waals surface area contributed by atoms with Crippen LogP contribution in [-0.2, 0) is 28.5 Å². The fraction of sp³-hybridized carbons (Fsp3) is 0.689. The molecule has 1 aliphatic rings. The minimum atomic E-state index is -1.60. The molecule has 1 fully saturated rings. The van der Waals surface area contributed by atoms with Gasteiger partial charge in [0.2, 0.25) is 0 Å². The summed E-state index contributed by atoms with van der Waals surface area (Å²) in [4.78, 5) is 25.3. The van der Waals surface area contributed by atoms with Crippen LogP contribution in [0.3, 0.4) is 0 Å². The molecule has 1 rings (SSSR count). The smallest absolute Gasteiger partial charge is 0.306 e. The maximum absolute atomic E-state index is 12.7. The number of aliphatic hydroxyl groups is 4. The first-order valence-electron chi connectivity index (χ1n) is 21.0. The normalized spacial score (nSPS) is 21.3. The van der Waals surface area contributed by atoms with Crippen LogP contribution in [0.4, 0.5) is 0 Å². The number of allylic oxidation sites excluding steroid dienone is 12. The van der Waals surface area contributed by atoms with Crippen LogP contribution < -0.4 is 0 Å². The fourth-order valence-electron chi connectivity index (χ4n) is 5.80. The Hall–Kier alpha value is -2.86.